The molecule has 1 unspecified atom stereocenters. The van der Waals surface area contributed by atoms with E-state index >= 15 is 0 Å². The van der Waals surface area contributed by atoms with Gasteiger partial charge in [-0.25, -0.2) is 5.84 Å². The van der Waals surface area contributed by atoms with Gasteiger partial charge in [0.2, 0.25) is 0 Å². The smallest absolute Gasteiger partial charge is 0.268 e. The molecule has 0 radical (unpaired) electrons. The highest BCUT2D eigenvalue weighted by molar-refractivity contribution is 5.94. The predicted molar refractivity (Wildman–Crippen MR) is 70.7 cm³/mol. The van der Waals surface area contributed by atoms with Crippen LogP contribution in [0.4, 0.5) is 0 Å². The molecule has 5 nitrogen and oxygen atoms in total. The van der Waals surface area contributed by atoms with Crippen LogP contribution in [0.2, 0.25) is 0 Å². The Kier molecular flexibility index (Phi) is 4.53. The summed E-state index contributed by atoms with van der Waals surface area (Å²) in [6, 6.07) is 1.99. The van der Waals surface area contributed by atoms with Gasteiger partial charge in [-0.15, -0.1) is 0 Å². The molecule has 18 heavy (non-hydrogen) atoms. The molecular formula is C13H23N3O2. The fourth-order valence-corrected chi connectivity index (χ4v) is 1.77. The Bertz CT molecular complexity index is 407. The summed E-state index contributed by atoms with van der Waals surface area (Å²) in [5.74, 6) is 5.45. The minimum atomic E-state index is -0.324. The molecule has 3 N–H and O–H groups in total. The lowest BCUT2D eigenvalue weighted by molar-refractivity contribution is 0.0945. The molecule has 1 heterocycles. The van der Waals surface area contributed by atoms with Crippen LogP contribution >= 0.6 is 0 Å². The molecule has 0 fully saturated rings. The van der Waals surface area contributed by atoms with E-state index in [-0.39, 0.29) is 11.3 Å². The van der Waals surface area contributed by atoms with Crippen LogP contribution in [0.5, 0.6) is 0 Å². The second-order valence-electron chi connectivity index (χ2n) is 5.69. The Morgan fingerprint density at radius 2 is 2.17 bits per heavy atom. The van der Waals surface area contributed by atoms with Crippen LogP contribution in [0.1, 0.15) is 43.8 Å². The van der Waals surface area contributed by atoms with Gasteiger partial charge in [0.1, 0.15) is 5.76 Å². The minimum absolute atomic E-state index is 0.164. The number of nitrogens with two attached hydrogens (primary N) is 1. The van der Waals surface area contributed by atoms with E-state index in [0.717, 1.165) is 0 Å². The average Bonchev–Trinajstić information content (AvgIpc) is 2.73. The van der Waals surface area contributed by atoms with Crippen LogP contribution in [-0.2, 0) is 6.54 Å². The summed E-state index contributed by atoms with van der Waals surface area (Å²) in [5.41, 5.74) is 2.78. The van der Waals surface area contributed by atoms with E-state index in [2.05, 4.69) is 38.0 Å². The molecule has 1 atom stereocenters. The normalized spacial score (nSPS) is 13.7. The van der Waals surface area contributed by atoms with Crippen molar-refractivity contribution in [3.63, 3.8) is 0 Å². The van der Waals surface area contributed by atoms with Crippen LogP contribution in [-0.4, -0.2) is 23.9 Å². The number of nitrogen functional groups attached to an aromatic ring is 1. The van der Waals surface area contributed by atoms with Crippen molar-refractivity contribution in [3.8, 4) is 0 Å². The summed E-state index contributed by atoms with van der Waals surface area (Å²) < 4.78 is 5.36. The highest BCUT2D eigenvalue weighted by Gasteiger charge is 2.25. The van der Waals surface area contributed by atoms with Crippen LogP contribution < -0.4 is 11.3 Å². The van der Waals surface area contributed by atoms with Gasteiger partial charge in [0.05, 0.1) is 18.4 Å². The maximum Gasteiger partial charge on any atom is 0.268 e. The molecule has 0 aliphatic rings. The zero-order chi connectivity index (χ0) is 13.9. The van der Waals surface area contributed by atoms with Gasteiger partial charge in [-0.05, 0) is 25.5 Å². The topological polar surface area (TPSA) is 71.5 Å². The number of nitrogens with zero attached hydrogens (tertiary/aromatic N) is 1. The van der Waals surface area contributed by atoms with E-state index in [4.69, 9.17) is 10.3 Å². The quantitative estimate of drug-likeness (QED) is 0.487. The summed E-state index contributed by atoms with van der Waals surface area (Å²) in [5, 5.41) is 0. The van der Waals surface area contributed by atoms with E-state index in [9.17, 15) is 4.79 Å². The van der Waals surface area contributed by atoms with Crippen LogP contribution in [0.3, 0.4) is 0 Å². The first-order valence-electron chi connectivity index (χ1n) is 6.05. The highest BCUT2D eigenvalue weighted by atomic mass is 16.3. The van der Waals surface area contributed by atoms with Crippen molar-refractivity contribution in [2.45, 2.75) is 40.3 Å². The molecule has 0 saturated carbocycles. The van der Waals surface area contributed by atoms with Gasteiger partial charge in [-0.2, -0.15) is 0 Å². The molecule has 0 saturated heterocycles. The Morgan fingerprint density at radius 1 is 1.56 bits per heavy atom. The van der Waals surface area contributed by atoms with Crippen LogP contribution in [0.15, 0.2) is 16.7 Å². The number of furan rings is 1. The van der Waals surface area contributed by atoms with Gasteiger partial charge in [0, 0.05) is 6.04 Å². The standard InChI is InChI=1S/C13H23N3O2/c1-9(13(2,3)4)16(5)8-11-10(6-7-18-11)12(17)15-14/h6-7,9H,8,14H2,1-5H3,(H,15,17). The summed E-state index contributed by atoms with van der Waals surface area (Å²) in [6.45, 7) is 9.29. The van der Waals surface area contributed by atoms with Gasteiger partial charge < -0.3 is 4.42 Å². The maximum atomic E-state index is 11.5. The number of hydrogen-bond donors (Lipinski definition) is 2. The summed E-state index contributed by atoms with van der Waals surface area (Å²) in [4.78, 5) is 13.7. The first-order valence-corrected chi connectivity index (χ1v) is 6.05. The highest BCUT2D eigenvalue weighted by Crippen LogP contribution is 2.25. The number of rotatable bonds is 4. The Hall–Kier alpha value is -1.33. The molecule has 0 aromatic carbocycles. The zero-order valence-corrected chi connectivity index (χ0v) is 11.8. The zero-order valence-electron chi connectivity index (χ0n) is 11.8. The Morgan fingerprint density at radius 3 is 2.67 bits per heavy atom. The first kappa shape index (κ1) is 14.7. The first-order chi connectivity index (χ1) is 8.27. The lowest BCUT2D eigenvalue weighted by Crippen LogP contribution is -2.39. The fourth-order valence-electron chi connectivity index (χ4n) is 1.77. The molecule has 1 aromatic rings. The monoisotopic (exact) mass is 253 g/mol. The van der Waals surface area contributed by atoms with Crippen molar-refractivity contribution < 1.29 is 9.21 Å². The number of carbonyl (C=O) groups is 1. The molecule has 102 valence electrons. The van der Waals surface area contributed by atoms with Crippen molar-refractivity contribution in [1.82, 2.24) is 10.3 Å². The fraction of sp³-hybridized carbons (Fsp3) is 0.615. The lowest BCUT2D eigenvalue weighted by Gasteiger charge is -2.35. The number of amides is 1. The molecule has 0 aliphatic carbocycles. The third-order valence-corrected chi connectivity index (χ3v) is 3.43. The molecule has 1 rings (SSSR count). The van der Waals surface area contributed by atoms with E-state index in [1.165, 1.54) is 6.26 Å². The van der Waals surface area contributed by atoms with Crippen molar-refractivity contribution in [2.75, 3.05) is 7.05 Å². The van der Waals surface area contributed by atoms with Crippen molar-refractivity contribution in [3.05, 3.63) is 23.7 Å². The van der Waals surface area contributed by atoms with E-state index in [0.29, 0.717) is 23.9 Å². The molecule has 5 heteroatoms. The SMILES string of the molecule is CC(N(C)Cc1occc1C(=O)NN)C(C)(C)C. The summed E-state index contributed by atoms with van der Waals surface area (Å²) in [7, 11) is 2.02. The van der Waals surface area contributed by atoms with Gasteiger partial charge in [0.15, 0.2) is 0 Å². The van der Waals surface area contributed by atoms with Gasteiger partial charge in [0.25, 0.3) is 5.91 Å². The lowest BCUT2D eigenvalue weighted by atomic mass is 9.87. The average molecular weight is 253 g/mol. The summed E-state index contributed by atoms with van der Waals surface area (Å²) in [6.07, 6.45) is 1.51. The summed E-state index contributed by atoms with van der Waals surface area (Å²) >= 11 is 0. The largest absolute Gasteiger partial charge is 0.467 e. The van der Waals surface area contributed by atoms with Gasteiger partial charge in [-0.1, -0.05) is 20.8 Å². The minimum Gasteiger partial charge on any atom is -0.467 e. The molecular weight excluding hydrogens is 230 g/mol. The van der Waals surface area contributed by atoms with Crippen LogP contribution in [0, 0.1) is 5.41 Å². The van der Waals surface area contributed by atoms with Crippen LogP contribution in [0.25, 0.3) is 0 Å². The predicted octanol–water partition coefficient (Wildman–Crippen LogP) is 1.75. The third-order valence-electron chi connectivity index (χ3n) is 3.43. The maximum absolute atomic E-state index is 11.5. The molecule has 0 spiro atoms. The molecule has 0 bridgehead atoms. The second kappa shape index (κ2) is 5.54. The van der Waals surface area contributed by atoms with E-state index in [1.807, 2.05) is 7.05 Å². The number of nitrogens with one attached hydrogen (secondary N) is 1. The van der Waals surface area contributed by atoms with E-state index < -0.39 is 0 Å². The third kappa shape index (κ3) is 3.34. The van der Waals surface area contributed by atoms with Crippen molar-refractivity contribution in [2.24, 2.45) is 11.3 Å². The molecule has 0 aliphatic heterocycles. The van der Waals surface area contributed by atoms with Crippen molar-refractivity contribution in [1.29, 1.82) is 0 Å². The number of hydrazine groups is 1. The second-order valence-corrected chi connectivity index (χ2v) is 5.69. The molecule has 1 aromatic heterocycles. The molecule has 1 amide bonds. The number of carbonyl (C=O) groups excluding carboxylic acids is 1. The van der Waals surface area contributed by atoms with Gasteiger partial charge >= 0.3 is 0 Å². The Balaban J connectivity index is 2.80. The van der Waals surface area contributed by atoms with E-state index in [1.54, 1.807) is 6.07 Å². The van der Waals surface area contributed by atoms with Gasteiger partial charge in [-0.3, -0.25) is 15.1 Å². The Labute approximate surface area is 108 Å². The van der Waals surface area contributed by atoms with Crippen molar-refractivity contribution >= 4 is 5.91 Å². The number of hydrogen-bond acceptors (Lipinski definition) is 4.